The smallest absolute Gasteiger partial charge is 0.211 e. The Bertz CT molecular complexity index is 398. The zero-order valence-corrected chi connectivity index (χ0v) is 10.6. The average molecular weight is 241 g/mol. The lowest BCUT2D eigenvalue weighted by Gasteiger charge is -2.08. The topological polar surface area (TPSA) is 46.2 Å². The lowest BCUT2D eigenvalue weighted by molar-refractivity contribution is 0.559. The van der Waals surface area contributed by atoms with Crippen LogP contribution in [0.2, 0.25) is 0 Å². The first-order chi connectivity index (χ1) is 7.49. The van der Waals surface area contributed by atoms with Crippen molar-refractivity contribution in [1.82, 2.24) is 4.72 Å². The first-order valence-electron chi connectivity index (χ1n) is 5.51. The van der Waals surface area contributed by atoms with Crippen molar-refractivity contribution in [2.24, 2.45) is 5.92 Å². The van der Waals surface area contributed by atoms with E-state index in [9.17, 15) is 8.42 Å². The zero-order chi connectivity index (χ0) is 12.0. The Kier molecular flexibility index (Phi) is 4.96. The molecule has 90 valence electrons. The normalized spacial score (nSPS) is 11.9. The third-order valence-corrected chi connectivity index (χ3v) is 3.56. The summed E-state index contributed by atoms with van der Waals surface area (Å²) >= 11 is 0. The Balaban J connectivity index is 2.42. The fraction of sp³-hybridized carbons (Fsp3) is 0.500. The fourth-order valence-electron chi connectivity index (χ4n) is 1.26. The van der Waals surface area contributed by atoms with Crippen molar-refractivity contribution in [3.05, 3.63) is 35.9 Å². The predicted molar refractivity (Wildman–Crippen MR) is 66.8 cm³/mol. The van der Waals surface area contributed by atoms with Gasteiger partial charge in [0.05, 0.1) is 5.75 Å². The largest absolute Gasteiger partial charge is 0.215 e. The number of benzene rings is 1. The second-order valence-corrected chi connectivity index (χ2v) is 6.22. The van der Waals surface area contributed by atoms with E-state index in [0.29, 0.717) is 18.9 Å². The Morgan fingerprint density at radius 3 is 2.38 bits per heavy atom. The van der Waals surface area contributed by atoms with E-state index in [1.54, 1.807) is 0 Å². The number of sulfonamides is 1. The highest BCUT2D eigenvalue weighted by Crippen LogP contribution is 2.01. The lowest BCUT2D eigenvalue weighted by Crippen LogP contribution is -2.30. The second kappa shape index (κ2) is 6.01. The molecule has 0 amide bonds. The highest BCUT2D eigenvalue weighted by molar-refractivity contribution is 7.89. The molecule has 0 radical (unpaired) electrons. The van der Waals surface area contributed by atoms with E-state index in [4.69, 9.17) is 0 Å². The fourth-order valence-corrected chi connectivity index (χ4v) is 2.50. The van der Waals surface area contributed by atoms with Crippen molar-refractivity contribution in [3.8, 4) is 0 Å². The summed E-state index contributed by atoms with van der Waals surface area (Å²) in [5.74, 6) is 0.496. The summed E-state index contributed by atoms with van der Waals surface area (Å²) in [4.78, 5) is 0. The highest BCUT2D eigenvalue weighted by atomic mass is 32.2. The van der Waals surface area contributed by atoms with E-state index in [0.717, 1.165) is 5.56 Å². The molecule has 0 saturated carbocycles. The molecule has 16 heavy (non-hydrogen) atoms. The van der Waals surface area contributed by atoms with Crippen LogP contribution in [0, 0.1) is 5.92 Å². The molecule has 4 heteroatoms. The monoisotopic (exact) mass is 241 g/mol. The molecule has 3 nitrogen and oxygen atoms in total. The van der Waals surface area contributed by atoms with Gasteiger partial charge in [-0.2, -0.15) is 0 Å². The second-order valence-electron chi connectivity index (χ2n) is 4.30. The molecular weight excluding hydrogens is 222 g/mol. The number of hydrogen-bond acceptors (Lipinski definition) is 2. The van der Waals surface area contributed by atoms with E-state index in [1.807, 2.05) is 44.2 Å². The summed E-state index contributed by atoms with van der Waals surface area (Å²) in [6.07, 6.45) is 0.564. The van der Waals surface area contributed by atoms with Crippen molar-refractivity contribution >= 4 is 10.0 Å². The molecule has 1 aromatic carbocycles. The number of hydrogen-bond donors (Lipinski definition) is 1. The molecule has 0 saturated heterocycles. The summed E-state index contributed by atoms with van der Waals surface area (Å²) in [6.45, 7) is 4.48. The summed E-state index contributed by atoms with van der Waals surface area (Å²) in [5, 5.41) is 0. The SMILES string of the molecule is CC(C)CNS(=O)(=O)CCc1ccccc1. The van der Waals surface area contributed by atoms with Crippen LogP contribution in [0.15, 0.2) is 30.3 Å². The van der Waals surface area contributed by atoms with Crippen LogP contribution in [0.5, 0.6) is 0 Å². The van der Waals surface area contributed by atoms with Crippen molar-refractivity contribution in [1.29, 1.82) is 0 Å². The maximum atomic E-state index is 11.6. The Morgan fingerprint density at radius 2 is 1.81 bits per heavy atom. The maximum Gasteiger partial charge on any atom is 0.211 e. The van der Waals surface area contributed by atoms with Gasteiger partial charge in [-0.25, -0.2) is 13.1 Å². The van der Waals surface area contributed by atoms with E-state index < -0.39 is 10.0 Å². The van der Waals surface area contributed by atoms with E-state index >= 15 is 0 Å². The van der Waals surface area contributed by atoms with Gasteiger partial charge in [-0.15, -0.1) is 0 Å². The minimum Gasteiger partial charge on any atom is -0.215 e. The van der Waals surface area contributed by atoms with Gasteiger partial charge >= 0.3 is 0 Å². The molecule has 0 aliphatic rings. The van der Waals surface area contributed by atoms with Gasteiger partial charge < -0.3 is 0 Å². The minimum atomic E-state index is -3.12. The molecular formula is C12H19NO2S. The van der Waals surface area contributed by atoms with Gasteiger partial charge in [-0.1, -0.05) is 44.2 Å². The molecule has 0 heterocycles. The molecule has 0 fully saturated rings. The maximum absolute atomic E-state index is 11.6. The van der Waals surface area contributed by atoms with Crippen molar-refractivity contribution in [2.45, 2.75) is 20.3 Å². The summed E-state index contributed by atoms with van der Waals surface area (Å²) in [6, 6.07) is 9.65. The van der Waals surface area contributed by atoms with E-state index in [1.165, 1.54) is 0 Å². The lowest BCUT2D eigenvalue weighted by atomic mass is 10.2. The first-order valence-corrected chi connectivity index (χ1v) is 7.16. The highest BCUT2D eigenvalue weighted by Gasteiger charge is 2.10. The van der Waals surface area contributed by atoms with Crippen molar-refractivity contribution < 1.29 is 8.42 Å². The molecule has 1 aromatic rings. The van der Waals surface area contributed by atoms with Crippen LogP contribution in [0.4, 0.5) is 0 Å². The quantitative estimate of drug-likeness (QED) is 0.825. The number of rotatable bonds is 6. The van der Waals surface area contributed by atoms with Gasteiger partial charge in [0.15, 0.2) is 0 Å². The van der Waals surface area contributed by atoms with Crippen LogP contribution < -0.4 is 4.72 Å². The van der Waals surface area contributed by atoms with Crippen LogP contribution in [-0.2, 0) is 16.4 Å². The Labute approximate surface area is 97.9 Å². The average Bonchev–Trinajstić information content (AvgIpc) is 2.26. The van der Waals surface area contributed by atoms with Gasteiger partial charge in [0.25, 0.3) is 0 Å². The van der Waals surface area contributed by atoms with Crippen LogP contribution in [0.25, 0.3) is 0 Å². The van der Waals surface area contributed by atoms with Gasteiger partial charge in [0, 0.05) is 6.54 Å². The molecule has 0 unspecified atom stereocenters. The van der Waals surface area contributed by atoms with Crippen LogP contribution in [0.3, 0.4) is 0 Å². The van der Waals surface area contributed by atoms with Crippen LogP contribution in [0.1, 0.15) is 19.4 Å². The predicted octanol–water partition coefficient (Wildman–Crippen LogP) is 1.80. The molecule has 1 rings (SSSR count). The van der Waals surface area contributed by atoms with E-state index in [-0.39, 0.29) is 5.75 Å². The Morgan fingerprint density at radius 1 is 1.19 bits per heavy atom. The summed E-state index contributed by atoms with van der Waals surface area (Å²) in [5.41, 5.74) is 1.05. The molecule has 0 aliphatic carbocycles. The molecule has 0 aromatic heterocycles. The van der Waals surface area contributed by atoms with Crippen LogP contribution >= 0.6 is 0 Å². The zero-order valence-electron chi connectivity index (χ0n) is 9.81. The van der Waals surface area contributed by atoms with Gasteiger partial charge in [0.1, 0.15) is 0 Å². The summed E-state index contributed by atoms with van der Waals surface area (Å²) < 4.78 is 25.8. The molecule has 0 aliphatic heterocycles. The standard InChI is InChI=1S/C12H19NO2S/c1-11(2)10-13-16(14,15)9-8-12-6-4-3-5-7-12/h3-7,11,13H,8-10H2,1-2H3. The minimum absolute atomic E-state index is 0.156. The molecule has 0 spiro atoms. The molecule has 0 bridgehead atoms. The Hall–Kier alpha value is -0.870. The van der Waals surface area contributed by atoms with E-state index in [2.05, 4.69) is 4.72 Å². The third-order valence-electron chi connectivity index (χ3n) is 2.21. The van der Waals surface area contributed by atoms with Gasteiger partial charge in [0.2, 0.25) is 10.0 Å². The van der Waals surface area contributed by atoms with Gasteiger partial charge in [-0.3, -0.25) is 0 Å². The first kappa shape index (κ1) is 13.2. The van der Waals surface area contributed by atoms with Gasteiger partial charge in [-0.05, 0) is 17.9 Å². The third kappa shape index (κ3) is 5.28. The molecule has 0 atom stereocenters. The summed E-state index contributed by atoms with van der Waals surface area (Å²) in [7, 11) is -3.12. The number of aryl methyl sites for hydroxylation is 1. The number of nitrogens with one attached hydrogen (secondary N) is 1. The van der Waals surface area contributed by atoms with Crippen LogP contribution in [-0.4, -0.2) is 20.7 Å². The van der Waals surface area contributed by atoms with Crippen molar-refractivity contribution in [3.63, 3.8) is 0 Å². The molecule has 1 N–H and O–H groups in total. The van der Waals surface area contributed by atoms with Crippen molar-refractivity contribution in [2.75, 3.05) is 12.3 Å².